The van der Waals surface area contributed by atoms with Crippen molar-refractivity contribution in [3.05, 3.63) is 28.2 Å². The number of halogens is 1. The number of thioether (sulfide) groups is 1. The summed E-state index contributed by atoms with van der Waals surface area (Å²) in [5, 5.41) is 10.0. The SMILES string of the molecule is CC(O)c1ccc(SC2CCOC2C)c(Br)c1. The molecule has 1 aliphatic heterocycles. The van der Waals surface area contributed by atoms with Crippen molar-refractivity contribution >= 4 is 27.7 Å². The quantitative estimate of drug-likeness (QED) is 0.920. The first kappa shape index (κ1) is 13.4. The van der Waals surface area contributed by atoms with Gasteiger partial charge in [-0.3, -0.25) is 0 Å². The molecule has 0 amide bonds. The van der Waals surface area contributed by atoms with Crippen molar-refractivity contribution in [2.45, 2.75) is 42.6 Å². The molecule has 3 atom stereocenters. The average Bonchev–Trinajstić information content (AvgIpc) is 2.67. The van der Waals surface area contributed by atoms with Crippen LogP contribution in [0.5, 0.6) is 0 Å². The van der Waals surface area contributed by atoms with E-state index in [4.69, 9.17) is 4.74 Å². The predicted molar refractivity (Wildman–Crippen MR) is 74.5 cm³/mol. The number of rotatable bonds is 3. The predicted octanol–water partition coefficient (Wildman–Crippen LogP) is 3.77. The molecule has 2 nitrogen and oxygen atoms in total. The Labute approximate surface area is 115 Å². The molecule has 0 saturated carbocycles. The van der Waals surface area contributed by atoms with Crippen LogP contribution in [-0.4, -0.2) is 23.1 Å². The highest BCUT2D eigenvalue weighted by Gasteiger charge is 2.25. The summed E-state index contributed by atoms with van der Waals surface area (Å²) in [5.74, 6) is 0. The van der Waals surface area contributed by atoms with Gasteiger partial charge in [-0.15, -0.1) is 11.8 Å². The minimum absolute atomic E-state index is 0.323. The second kappa shape index (κ2) is 5.74. The van der Waals surface area contributed by atoms with Gasteiger partial charge in [-0.1, -0.05) is 6.07 Å². The molecule has 1 N–H and O–H groups in total. The van der Waals surface area contributed by atoms with Gasteiger partial charge in [0.25, 0.3) is 0 Å². The molecule has 0 spiro atoms. The van der Waals surface area contributed by atoms with E-state index in [0.29, 0.717) is 11.4 Å². The van der Waals surface area contributed by atoms with Gasteiger partial charge in [-0.25, -0.2) is 0 Å². The normalized spacial score (nSPS) is 26.1. The van der Waals surface area contributed by atoms with Gasteiger partial charge in [0.15, 0.2) is 0 Å². The van der Waals surface area contributed by atoms with Crippen molar-refractivity contribution in [1.29, 1.82) is 0 Å². The van der Waals surface area contributed by atoms with Gasteiger partial charge in [0, 0.05) is 21.2 Å². The zero-order valence-corrected chi connectivity index (χ0v) is 12.4. The Balaban J connectivity index is 2.11. The molecule has 94 valence electrons. The van der Waals surface area contributed by atoms with E-state index in [2.05, 4.69) is 28.9 Å². The van der Waals surface area contributed by atoms with Crippen molar-refractivity contribution in [2.24, 2.45) is 0 Å². The van der Waals surface area contributed by atoms with Crippen molar-refractivity contribution in [1.82, 2.24) is 0 Å². The molecule has 0 aliphatic carbocycles. The van der Waals surface area contributed by atoms with E-state index in [-0.39, 0.29) is 0 Å². The highest BCUT2D eigenvalue weighted by atomic mass is 79.9. The molecule has 1 aromatic carbocycles. The monoisotopic (exact) mass is 316 g/mol. The van der Waals surface area contributed by atoms with Gasteiger partial charge < -0.3 is 9.84 Å². The van der Waals surface area contributed by atoms with Crippen LogP contribution in [0.15, 0.2) is 27.6 Å². The van der Waals surface area contributed by atoms with Gasteiger partial charge in [-0.05, 0) is 53.9 Å². The second-order valence-corrected chi connectivity index (χ2v) is 6.52. The first-order valence-corrected chi connectivity index (χ1v) is 7.51. The van der Waals surface area contributed by atoms with Crippen LogP contribution in [-0.2, 0) is 4.74 Å². The molecule has 17 heavy (non-hydrogen) atoms. The van der Waals surface area contributed by atoms with Crippen LogP contribution in [0.25, 0.3) is 0 Å². The van der Waals surface area contributed by atoms with E-state index < -0.39 is 6.10 Å². The lowest BCUT2D eigenvalue weighted by Gasteiger charge is -2.15. The first-order valence-electron chi connectivity index (χ1n) is 5.83. The lowest BCUT2D eigenvalue weighted by Crippen LogP contribution is -2.13. The summed E-state index contributed by atoms with van der Waals surface area (Å²) in [4.78, 5) is 1.22. The number of benzene rings is 1. The second-order valence-electron chi connectivity index (χ2n) is 4.39. The number of ether oxygens (including phenoxy) is 1. The summed E-state index contributed by atoms with van der Waals surface area (Å²) >= 11 is 5.42. The Hall–Kier alpha value is -0.0300. The summed E-state index contributed by atoms with van der Waals surface area (Å²) in [5.41, 5.74) is 0.942. The Morgan fingerprint density at radius 3 is 2.82 bits per heavy atom. The number of hydrogen-bond acceptors (Lipinski definition) is 3. The van der Waals surface area contributed by atoms with Gasteiger partial charge in [0.1, 0.15) is 0 Å². The minimum Gasteiger partial charge on any atom is -0.389 e. The third-order valence-electron chi connectivity index (χ3n) is 3.02. The zero-order chi connectivity index (χ0) is 12.4. The summed E-state index contributed by atoms with van der Waals surface area (Å²) < 4.78 is 6.62. The Bertz CT molecular complexity index is 395. The van der Waals surface area contributed by atoms with Crippen LogP contribution >= 0.6 is 27.7 Å². The van der Waals surface area contributed by atoms with Gasteiger partial charge in [0.2, 0.25) is 0 Å². The molecule has 0 aromatic heterocycles. The highest BCUT2D eigenvalue weighted by molar-refractivity contribution is 9.10. The van der Waals surface area contributed by atoms with Gasteiger partial charge in [-0.2, -0.15) is 0 Å². The third-order valence-corrected chi connectivity index (χ3v) is 5.47. The standard InChI is InChI=1S/C13H17BrO2S/c1-8(15)10-3-4-13(11(14)7-10)17-12-5-6-16-9(12)2/h3-4,7-9,12,15H,5-6H2,1-2H3. The van der Waals surface area contributed by atoms with Crippen LogP contribution in [0, 0.1) is 0 Å². The number of hydrogen-bond donors (Lipinski definition) is 1. The Morgan fingerprint density at radius 2 is 2.29 bits per heavy atom. The van der Waals surface area contributed by atoms with E-state index >= 15 is 0 Å². The molecule has 1 heterocycles. The summed E-state index contributed by atoms with van der Waals surface area (Å²) in [6.07, 6.45) is 1.01. The van der Waals surface area contributed by atoms with Crippen LogP contribution in [0.3, 0.4) is 0 Å². The van der Waals surface area contributed by atoms with E-state index in [1.807, 2.05) is 23.9 Å². The minimum atomic E-state index is -0.418. The first-order chi connectivity index (χ1) is 8.08. The Morgan fingerprint density at radius 1 is 1.53 bits per heavy atom. The molecule has 1 aliphatic rings. The number of aliphatic hydroxyl groups is 1. The van der Waals surface area contributed by atoms with Crippen molar-refractivity contribution in [3.63, 3.8) is 0 Å². The molecular weight excluding hydrogens is 300 g/mol. The summed E-state index contributed by atoms with van der Waals surface area (Å²) in [6.45, 7) is 4.77. The van der Waals surface area contributed by atoms with Crippen LogP contribution in [0.4, 0.5) is 0 Å². The lowest BCUT2D eigenvalue weighted by molar-refractivity contribution is 0.127. The van der Waals surface area contributed by atoms with Gasteiger partial charge in [0.05, 0.1) is 12.2 Å². The molecule has 1 saturated heterocycles. The molecule has 0 bridgehead atoms. The maximum absolute atomic E-state index is 9.52. The van der Waals surface area contributed by atoms with E-state index in [1.165, 1.54) is 4.90 Å². The molecule has 2 rings (SSSR count). The molecule has 0 radical (unpaired) electrons. The fourth-order valence-electron chi connectivity index (χ4n) is 1.90. The molecule has 1 aromatic rings. The molecule has 4 heteroatoms. The fraction of sp³-hybridized carbons (Fsp3) is 0.538. The van der Waals surface area contributed by atoms with Crippen molar-refractivity contribution < 1.29 is 9.84 Å². The molecular formula is C13H17BrO2S. The maximum Gasteiger partial charge on any atom is 0.0762 e. The van der Waals surface area contributed by atoms with E-state index in [9.17, 15) is 5.11 Å². The van der Waals surface area contributed by atoms with Gasteiger partial charge >= 0.3 is 0 Å². The van der Waals surface area contributed by atoms with Crippen LogP contribution in [0.1, 0.15) is 31.9 Å². The van der Waals surface area contributed by atoms with Crippen LogP contribution < -0.4 is 0 Å². The number of aliphatic hydroxyl groups excluding tert-OH is 1. The van der Waals surface area contributed by atoms with Crippen molar-refractivity contribution in [2.75, 3.05) is 6.61 Å². The molecule has 1 fully saturated rings. The van der Waals surface area contributed by atoms with E-state index in [0.717, 1.165) is 23.1 Å². The zero-order valence-electron chi connectivity index (χ0n) is 10.0. The lowest BCUT2D eigenvalue weighted by atomic mass is 10.1. The highest BCUT2D eigenvalue weighted by Crippen LogP contribution is 2.37. The average molecular weight is 317 g/mol. The molecule has 3 unspecified atom stereocenters. The summed E-state index contributed by atoms with van der Waals surface area (Å²) in [6, 6.07) is 6.05. The fourth-order valence-corrected chi connectivity index (χ4v) is 3.71. The van der Waals surface area contributed by atoms with E-state index in [1.54, 1.807) is 6.92 Å². The maximum atomic E-state index is 9.52. The van der Waals surface area contributed by atoms with Crippen molar-refractivity contribution in [3.8, 4) is 0 Å². The smallest absolute Gasteiger partial charge is 0.0762 e. The third kappa shape index (κ3) is 3.25. The topological polar surface area (TPSA) is 29.5 Å². The van der Waals surface area contributed by atoms with Crippen LogP contribution in [0.2, 0.25) is 0 Å². The summed E-state index contributed by atoms with van der Waals surface area (Å²) in [7, 11) is 0. The largest absolute Gasteiger partial charge is 0.389 e. The Kier molecular flexibility index (Phi) is 4.53.